The number of ether oxygens (including phenoxy) is 1. The van der Waals surface area contributed by atoms with Crippen molar-refractivity contribution >= 4 is 27.3 Å². The van der Waals surface area contributed by atoms with E-state index < -0.39 is 15.8 Å². The highest BCUT2D eigenvalue weighted by atomic mass is 32.2. The van der Waals surface area contributed by atoms with E-state index in [-0.39, 0.29) is 29.9 Å². The Bertz CT molecular complexity index is 858. The van der Waals surface area contributed by atoms with E-state index >= 15 is 0 Å². The number of rotatable bonds is 7. The van der Waals surface area contributed by atoms with Gasteiger partial charge in [0, 0.05) is 37.5 Å². The van der Waals surface area contributed by atoms with E-state index in [0.717, 1.165) is 6.07 Å². The number of benzene rings is 1. The first-order valence-electron chi connectivity index (χ1n) is 8.03. The lowest BCUT2D eigenvalue weighted by atomic mass is 10.3. The molecule has 2 heterocycles. The van der Waals surface area contributed by atoms with Gasteiger partial charge in [0.25, 0.3) is 5.19 Å². The zero-order valence-corrected chi connectivity index (χ0v) is 15.4. The average molecular weight is 399 g/mol. The molecule has 1 atom stereocenters. The highest BCUT2D eigenvalue weighted by molar-refractivity contribution is 7.89. The number of carbonyl (C=O) groups is 1. The third-order valence-electron chi connectivity index (χ3n) is 3.91. The van der Waals surface area contributed by atoms with Crippen LogP contribution < -0.4 is 9.46 Å². The van der Waals surface area contributed by atoms with E-state index in [2.05, 4.69) is 9.71 Å². The van der Waals surface area contributed by atoms with Gasteiger partial charge in [0.05, 0.1) is 11.4 Å². The van der Waals surface area contributed by atoms with E-state index in [0.29, 0.717) is 24.7 Å². The van der Waals surface area contributed by atoms with Gasteiger partial charge in [-0.3, -0.25) is 4.79 Å². The minimum Gasteiger partial charge on any atom is -0.465 e. The van der Waals surface area contributed by atoms with Crippen LogP contribution in [0.2, 0.25) is 0 Å². The largest absolute Gasteiger partial charge is 0.465 e. The first kappa shape index (κ1) is 18.7. The molecule has 7 nitrogen and oxygen atoms in total. The minimum atomic E-state index is -3.84. The Labute approximate surface area is 154 Å². The number of aromatic nitrogens is 1. The zero-order valence-electron chi connectivity index (χ0n) is 13.8. The highest BCUT2D eigenvalue weighted by Gasteiger charge is 2.28. The molecule has 2 aromatic rings. The third-order valence-corrected chi connectivity index (χ3v) is 6.03. The molecule has 0 saturated carbocycles. The lowest BCUT2D eigenvalue weighted by molar-refractivity contribution is -0.130. The van der Waals surface area contributed by atoms with Crippen molar-refractivity contribution in [3.05, 3.63) is 41.7 Å². The molecule has 0 bridgehead atoms. The summed E-state index contributed by atoms with van der Waals surface area (Å²) in [7, 11) is -3.84. The van der Waals surface area contributed by atoms with E-state index in [9.17, 15) is 17.6 Å². The Morgan fingerprint density at radius 2 is 2.31 bits per heavy atom. The van der Waals surface area contributed by atoms with Crippen LogP contribution in [0.4, 0.5) is 4.39 Å². The molecule has 140 valence electrons. The van der Waals surface area contributed by atoms with Crippen molar-refractivity contribution in [3.8, 4) is 5.19 Å². The van der Waals surface area contributed by atoms with Crippen LogP contribution in [0, 0.1) is 5.82 Å². The van der Waals surface area contributed by atoms with Crippen LogP contribution in [0.25, 0.3) is 0 Å². The fraction of sp³-hybridized carbons (Fsp3) is 0.375. The van der Waals surface area contributed by atoms with Gasteiger partial charge < -0.3 is 9.64 Å². The van der Waals surface area contributed by atoms with Gasteiger partial charge in [0.15, 0.2) is 0 Å². The van der Waals surface area contributed by atoms with E-state index in [1.807, 2.05) is 5.38 Å². The summed E-state index contributed by atoms with van der Waals surface area (Å²) in [4.78, 5) is 17.8. The molecule has 1 aliphatic heterocycles. The molecule has 1 unspecified atom stereocenters. The maximum absolute atomic E-state index is 13.2. The summed E-state index contributed by atoms with van der Waals surface area (Å²) in [5, 5.41) is 2.39. The monoisotopic (exact) mass is 399 g/mol. The van der Waals surface area contributed by atoms with Crippen LogP contribution in [0.3, 0.4) is 0 Å². The number of nitrogens with zero attached hydrogens (tertiary/aromatic N) is 2. The van der Waals surface area contributed by atoms with E-state index in [4.69, 9.17) is 4.74 Å². The number of carbonyl (C=O) groups excluding carboxylic acids is 1. The molecular weight excluding hydrogens is 381 g/mol. The van der Waals surface area contributed by atoms with Crippen molar-refractivity contribution < 1.29 is 22.3 Å². The van der Waals surface area contributed by atoms with E-state index in [1.165, 1.54) is 29.5 Å². The Balaban J connectivity index is 1.45. The van der Waals surface area contributed by atoms with E-state index in [1.54, 1.807) is 11.1 Å². The molecule has 1 amide bonds. The Morgan fingerprint density at radius 1 is 1.46 bits per heavy atom. The summed E-state index contributed by atoms with van der Waals surface area (Å²) in [5.41, 5.74) is 0. The first-order chi connectivity index (χ1) is 12.4. The summed E-state index contributed by atoms with van der Waals surface area (Å²) >= 11 is 1.39. The molecule has 1 fully saturated rings. The van der Waals surface area contributed by atoms with Crippen molar-refractivity contribution in [3.63, 3.8) is 0 Å². The second kappa shape index (κ2) is 8.11. The second-order valence-electron chi connectivity index (χ2n) is 5.77. The molecule has 0 spiro atoms. The lowest BCUT2D eigenvalue weighted by Gasteiger charge is -2.16. The summed E-state index contributed by atoms with van der Waals surface area (Å²) in [5.74, 6) is -0.788. The maximum atomic E-state index is 13.2. The van der Waals surface area contributed by atoms with Crippen molar-refractivity contribution in [1.82, 2.24) is 14.6 Å². The SMILES string of the molecule is O=C(CCNS(=O)(=O)c1cccc(F)c1)N1CCC(Oc2nccs2)C1. The van der Waals surface area contributed by atoms with Crippen LogP contribution in [0.5, 0.6) is 5.19 Å². The predicted molar refractivity (Wildman–Crippen MR) is 93.9 cm³/mol. The van der Waals surface area contributed by atoms with Gasteiger partial charge >= 0.3 is 0 Å². The topological polar surface area (TPSA) is 88.6 Å². The normalized spacial score (nSPS) is 17.4. The number of halogens is 1. The lowest BCUT2D eigenvalue weighted by Crippen LogP contribution is -2.34. The highest BCUT2D eigenvalue weighted by Crippen LogP contribution is 2.20. The Morgan fingerprint density at radius 3 is 3.04 bits per heavy atom. The number of hydrogen-bond acceptors (Lipinski definition) is 6. The quantitative estimate of drug-likeness (QED) is 0.765. The number of nitrogens with one attached hydrogen (secondary N) is 1. The number of likely N-dealkylation sites (tertiary alicyclic amines) is 1. The van der Waals surface area contributed by atoms with Crippen LogP contribution >= 0.6 is 11.3 Å². The molecular formula is C16H18FN3O4S2. The number of hydrogen-bond donors (Lipinski definition) is 1. The standard InChI is InChI=1S/C16H18FN3O4S2/c17-12-2-1-3-14(10-12)26(22,23)19-6-4-15(21)20-8-5-13(11-20)24-16-18-7-9-25-16/h1-3,7,9-10,13,19H,4-6,8,11H2. The number of thiazole rings is 1. The number of amides is 1. The number of sulfonamides is 1. The summed E-state index contributed by atoms with van der Waals surface area (Å²) in [6.45, 7) is 0.965. The van der Waals surface area contributed by atoms with Crippen molar-refractivity contribution in [1.29, 1.82) is 0 Å². The molecule has 1 aliphatic rings. The van der Waals surface area contributed by atoms with Gasteiger partial charge in [0.2, 0.25) is 15.9 Å². The zero-order chi connectivity index (χ0) is 18.6. The molecule has 1 aromatic heterocycles. The summed E-state index contributed by atoms with van der Waals surface area (Å²) < 4.78 is 45.3. The van der Waals surface area contributed by atoms with Gasteiger partial charge in [-0.1, -0.05) is 17.4 Å². The average Bonchev–Trinajstić information content (AvgIpc) is 3.27. The van der Waals surface area contributed by atoms with Gasteiger partial charge in [-0.2, -0.15) is 0 Å². The molecule has 0 radical (unpaired) electrons. The first-order valence-corrected chi connectivity index (χ1v) is 10.4. The van der Waals surface area contributed by atoms with Crippen molar-refractivity contribution in [2.45, 2.75) is 23.8 Å². The fourth-order valence-corrected chi connectivity index (χ4v) is 4.24. The Hall–Kier alpha value is -2.04. The predicted octanol–water partition coefficient (Wildman–Crippen LogP) is 1.63. The van der Waals surface area contributed by atoms with Crippen LogP contribution in [0.15, 0.2) is 40.7 Å². The van der Waals surface area contributed by atoms with Crippen LogP contribution in [0.1, 0.15) is 12.8 Å². The van der Waals surface area contributed by atoms with Crippen LogP contribution in [-0.2, 0) is 14.8 Å². The maximum Gasteiger partial charge on any atom is 0.273 e. The third kappa shape index (κ3) is 4.77. The van der Waals surface area contributed by atoms with Gasteiger partial charge in [-0.25, -0.2) is 22.5 Å². The molecule has 1 saturated heterocycles. The molecule has 3 rings (SSSR count). The summed E-state index contributed by atoms with van der Waals surface area (Å²) in [6, 6.07) is 4.72. The molecule has 26 heavy (non-hydrogen) atoms. The second-order valence-corrected chi connectivity index (χ2v) is 8.40. The van der Waals surface area contributed by atoms with Gasteiger partial charge in [0.1, 0.15) is 11.9 Å². The van der Waals surface area contributed by atoms with Crippen molar-refractivity contribution in [2.24, 2.45) is 0 Å². The van der Waals surface area contributed by atoms with Gasteiger partial charge in [-0.15, -0.1) is 0 Å². The Kier molecular flexibility index (Phi) is 5.84. The smallest absolute Gasteiger partial charge is 0.273 e. The van der Waals surface area contributed by atoms with Crippen molar-refractivity contribution in [2.75, 3.05) is 19.6 Å². The van der Waals surface area contributed by atoms with Crippen LogP contribution in [-0.4, -0.2) is 49.9 Å². The summed E-state index contributed by atoms with van der Waals surface area (Å²) in [6.07, 6.45) is 2.29. The minimum absolute atomic E-state index is 0.0263. The fourth-order valence-electron chi connectivity index (χ4n) is 2.63. The molecule has 1 N–H and O–H groups in total. The molecule has 10 heteroatoms. The molecule has 0 aliphatic carbocycles. The molecule has 1 aromatic carbocycles. The van der Waals surface area contributed by atoms with Gasteiger partial charge in [-0.05, 0) is 18.2 Å².